The molecule has 1 fully saturated rings. The zero-order chi connectivity index (χ0) is 32.3. The number of halogens is 1. The first-order chi connectivity index (χ1) is 20.7. The number of carbonyl (C=O) groups excluding carboxylic acids is 3. The summed E-state index contributed by atoms with van der Waals surface area (Å²) in [5.41, 5.74) is 4.19. The predicted octanol–water partition coefficient (Wildman–Crippen LogP) is 6.87. The zero-order valence-corrected chi connectivity index (χ0v) is 26.5. The van der Waals surface area contributed by atoms with Crippen LogP contribution in [0.4, 0.5) is 20.6 Å². The third kappa shape index (κ3) is 7.63. The van der Waals surface area contributed by atoms with Crippen molar-refractivity contribution in [1.29, 1.82) is 0 Å². The number of amides is 3. The van der Waals surface area contributed by atoms with Crippen LogP contribution in [0.1, 0.15) is 67.6 Å². The first kappa shape index (κ1) is 32.7. The Kier molecular flexibility index (Phi) is 9.78. The number of carbonyl (C=O) groups is 3. The average Bonchev–Trinajstić information content (AvgIpc) is 3.76. The Morgan fingerprint density at radius 2 is 1.64 bits per heavy atom. The van der Waals surface area contributed by atoms with Crippen LogP contribution < -0.4 is 10.6 Å². The van der Waals surface area contributed by atoms with Crippen molar-refractivity contribution in [2.45, 2.75) is 78.5 Å². The van der Waals surface area contributed by atoms with Crippen molar-refractivity contribution in [3.63, 3.8) is 0 Å². The van der Waals surface area contributed by atoms with Gasteiger partial charge < -0.3 is 25.4 Å². The SMILES string of the molecule is COC(=O)[C@H](C(C)O)N(C(=O)c1ccc(-c2cccc(F)c2)cc1NC(=O)Nc1c(C)cc(CC2CC2)cc1C)C(C)(C)C. The van der Waals surface area contributed by atoms with Crippen LogP contribution >= 0.6 is 0 Å². The molecule has 1 unspecified atom stereocenters. The molecule has 0 spiro atoms. The van der Waals surface area contributed by atoms with Crippen molar-refractivity contribution in [3.05, 3.63) is 82.7 Å². The Bertz CT molecular complexity index is 1540. The number of hydrogen-bond acceptors (Lipinski definition) is 5. The van der Waals surface area contributed by atoms with Crippen LogP contribution in [0.5, 0.6) is 0 Å². The van der Waals surface area contributed by atoms with Crippen molar-refractivity contribution in [2.75, 3.05) is 17.7 Å². The number of esters is 1. The second kappa shape index (κ2) is 13.2. The molecule has 3 aromatic carbocycles. The quantitative estimate of drug-likeness (QED) is 0.232. The van der Waals surface area contributed by atoms with Crippen LogP contribution in [-0.2, 0) is 16.0 Å². The van der Waals surface area contributed by atoms with Crippen LogP contribution in [0.25, 0.3) is 11.1 Å². The maximum absolute atomic E-state index is 14.2. The highest BCUT2D eigenvalue weighted by Gasteiger charge is 2.42. The normalized spacial score (nSPS) is 14.4. The number of ether oxygens (including phenoxy) is 1. The van der Waals surface area contributed by atoms with Crippen molar-refractivity contribution in [1.82, 2.24) is 4.90 Å². The molecule has 44 heavy (non-hydrogen) atoms. The zero-order valence-electron chi connectivity index (χ0n) is 26.5. The highest BCUT2D eigenvalue weighted by atomic mass is 19.1. The molecule has 3 amide bonds. The lowest BCUT2D eigenvalue weighted by Crippen LogP contribution is -2.58. The fourth-order valence-electron chi connectivity index (χ4n) is 5.59. The third-order valence-corrected chi connectivity index (χ3v) is 7.83. The van der Waals surface area contributed by atoms with E-state index in [0.717, 1.165) is 23.5 Å². The molecule has 0 aliphatic heterocycles. The second-order valence-electron chi connectivity index (χ2n) is 12.7. The van der Waals surface area contributed by atoms with Crippen LogP contribution in [-0.4, -0.2) is 52.7 Å². The molecule has 234 valence electrons. The van der Waals surface area contributed by atoms with Crippen molar-refractivity contribution >= 4 is 29.3 Å². The third-order valence-electron chi connectivity index (χ3n) is 7.83. The van der Waals surface area contributed by atoms with Gasteiger partial charge in [0.25, 0.3) is 5.91 Å². The average molecular weight is 604 g/mol. The number of methoxy groups -OCH3 is 1. The Balaban J connectivity index is 1.74. The smallest absolute Gasteiger partial charge is 0.331 e. The summed E-state index contributed by atoms with van der Waals surface area (Å²) in [5, 5.41) is 16.3. The summed E-state index contributed by atoms with van der Waals surface area (Å²) in [7, 11) is 1.19. The minimum atomic E-state index is -1.31. The number of aliphatic hydroxyl groups is 1. The fraction of sp³-hybridized carbons (Fsp3) is 0.400. The molecule has 3 N–H and O–H groups in total. The van der Waals surface area contributed by atoms with E-state index in [1.165, 1.54) is 55.5 Å². The molecule has 0 bridgehead atoms. The van der Waals surface area contributed by atoms with Gasteiger partial charge in [-0.3, -0.25) is 4.79 Å². The van der Waals surface area contributed by atoms with Crippen molar-refractivity contribution in [3.8, 4) is 11.1 Å². The topological polar surface area (TPSA) is 108 Å². The molecule has 2 atom stereocenters. The van der Waals surface area contributed by atoms with Gasteiger partial charge >= 0.3 is 12.0 Å². The second-order valence-corrected chi connectivity index (χ2v) is 12.7. The summed E-state index contributed by atoms with van der Waals surface area (Å²) < 4.78 is 19.0. The summed E-state index contributed by atoms with van der Waals surface area (Å²) in [6.07, 6.45) is 2.28. The lowest BCUT2D eigenvalue weighted by molar-refractivity contribution is -0.152. The Hall–Kier alpha value is -4.24. The van der Waals surface area contributed by atoms with Crippen molar-refractivity contribution in [2.24, 2.45) is 5.92 Å². The summed E-state index contributed by atoms with van der Waals surface area (Å²) in [6.45, 7) is 10.5. The maximum atomic E-state index is 14.2. The molecule has 0 heterocycles. The van der Waals surface area contributed by atoms with Gasteiger partial charge in [-0.15, -0.1) is 0 Å². The number of aliphatic hydroxyl groups excluding tert-OH is 1. The molecule has 8 nitrogen and oxygen atoms in total. The number of anilines is 2. The molecule has 9 heteroatoms. The molecule has 4 rings (SSSR count). The number of rotatable bonds is 9. The first-order valence-corrected chi connectivity index (χ1v) is 14.9. The standard InChI is InChI=1S/C35H42FN3O5/c1-20-15-24(17-23-11-12-23)16-21(2)30(20)38-34(43)37-29-19-26(25-9-8-10-27(36)18-25)13-14-28(29)32(41)39(35(4,5)6)31(22(3)40)33(42)44-7/h8-10,13-16,18-19,22-23,31,40H,11-12,17H2,1-7H3,(H2,37,38,43)/t22?,31-/m0/s1. The van der Waals surface area contributed by atoms with Gasteiger partial charge in [0.05, 0.1) is 24.5 Å². The minimum Gasteiger partial charge on any atom is -0.467 e. The van der Waals surface area contributed by atoms with Crippen LogP contribution in [0.3, 0.4) is 0 Å². The number of benzene rings is 3. The molecular formula is C35H42FN3O5. The highest BCUT2D eigenvalue weighted by molar-refractivity contribution is 6.08. The molecule has 3 aromatic rings. The van der Waals surface area contributed by atoms with Crippen LogP contribution in [0.15, 0.2) is 54.6 Å². The Labute approximate surface area is 258 Å². The van der Waals surface area contributed by atoms with Crippen LogP contribution in [0.2, 0.25) is 0 Å². The van der Waals surface area contributed by atoms with E-state index in [1.807, 2.05) is 13.8 Å². The molecule has 0 radical (unpaired) electrons. The van der Waals surface area contributed by atoms with Gasteiger partial charge in [0, 0.05) is 11.2 Å². The molecule has 1 aliphatic rings. The van der Waals surface area contributed by atoms with E-state index in [2.05, 4.69) is 22.8 Å². The maximum Gasteiger partial charge on any atom is 0.331 e. The number of nitrogens with one attached hydrogen (secondary N) is 2. The lowest BCUT2D eigenvalue weighted by atomic mass is 9.96. The summed E-state index contributed by atoms with van der Waals surface area (Å²) in [4.78, 5) is 41.7. The van der Waals surface area contributed by atoms with Gasteiger partial charge in [0.2, 0.25) is 0 Å². The van der Waals surface area contributed by atoms with Gasteiger partial charge in [0.15, 0.2) is 6.04 Å². The summed E-state index contributed by atoms with van der Waals surface area (Å²) in [6, 6.07) is 13.1. The summed E-state index contributed by atoms with van der Waals surface area (Å²) >= 11 is 0. The van der Waals surface area contributed by atoms with Gasteiger partial charge in [-0.1, -0.05) is 30.3 Å². The van der Waals surface area contributed by atoms with E-state index in [4.69, 9.17) is 4.74 Å². The largest absolute Gasteiger partial charge is 0.467 e. The highest BCUT2D eigenvalue weighted by Crippen LogP contribution is 2.35. The molecule has 0 saturated heterocycles. The van der Waals surface area contributed by atoms with Gasteiger partial charge in [-0.2, -0.15) is 0 Å². The van der Waals surface area contributed by atoms with Gasteiger partial charge in [-0.05, 0) is 119 Å². The molecular weight excluding hydrogens is 561 g/mol. The lowest BCUT2D eigenvalue weighted by Gasteiger charge is -2.41. The van der Waals surface area contributed by atoms with Gasteiger partial charge in [0.1, 0.15) is 5.82 Å². The molecule has 1 saturated carbocycles. The van der Waals surface area contributed by atoms with E-state index >= 15 is 0 Å². The van der Waals surface area contributed by atoms with E-state index in [1.54, 1.807) is 45.0 Å². The number of aryl methyl sites for hydroxylation is 2. The van der Waals surface area contributed by atoms with E-state index in [-0.39, 0.29) is 11.3 Å². The fourth-order valence-corrected chi connectivity index (χ4v) is 5.59. The molecule has 1 aliphatic carbocycles. The van der Waals surface area contributed by atoms with E-state index in [0.29, 0.717) is 16.8 Å². The minimum absolute atomic E-state index is 0.0815. The monoisotopic (exact) mass is 603 g/mol. The van der Waals surface area contributed by atoms with Gasteiger partial charge in [-0.25, -0.2) is 14.0 Å². The summed E-state index contributed by atoms with van der Waals surface area (Å²) in [5.74, 6) is -1.07. The Morgan fingerprint density at radius 3 is 2.18 bits per heavy atom. The van der Waals surface area contributed by atoms with Crippen LogP contribution in [0, 0.1) is 25.6 Å². The first-order valence-electron chi connectivity index (χ1n) is 14.9. The number of hydrogen-bond donors (Lipinski definition) is 3. The number of nitrogens with zero attached hydrogens (tertiary/aromatic N) is 1. The molecule has 0 aromatic heterocycles. The van der Waals surface area contributed by atoms with E-state index in [9.17, 15) is 23.9 Å². The Morgan fingerprint density at radius 1 is 1.00 bits per heavy atom. The number of urea groups is 1. The predicted molar refractivity (Wildman–Crippen MR) is 170 cm³/mol. The van der Waals surface area contributed by atoms with E-state index < -0.39 is 41.4 Å². The van der Waals surface area contributed by atoms with Crippen molar-refractivity contribution < 1.29 is 28.6 Å².